The lowest BCUT2D eigenvalue weighted by Gasteiger charge is -2.33. The summed E-state index contributed by atoms with van der Waals surface area (Å²) in [5.41, 5.74) is 9.39. The number of ether oxygens (including phenoxy) is 1. The van der Waals surface area contributed by atoms with E-state index < -0.39 is 0 Å². The molecular formula is C16H17ClN2O. The molecule has 0 aliphatic heterocycles. The molecule has 3 atom stereocenters. The van der Waals surface area contributed by atoms with E-state index >= 15 is 0 Å². The molecule has 3 nitrogen and oxygen atoms in total. The molecule has 1 heterocycles. The van der Waals surface area contributed by atoms with E-state index in [4.69, 9.17) is 22.1 Å². The van der Waals surface area contributed by atoms with E-state index in [1.165, 1.54) is 5.57 Å². The summed E-state index contributed by atoms with van der Waals surface area (Å²) in [4.78, 5) is 4.20. The lowest BCUT2D eigenvalue weighted by molar-refractivity contribution is 0.125. The van der Waals surface area contributed by atoms with Gasteiger partial charge < -0.3 is 10.5 Å². The number of alkyl halides is 1. The van der Waals surface area contributed by atoms with Crippen LogP contribution < -0.4 is 5.73 Å². The predicted molar refractivity (Wildman–Crippen MR) is 81.8 cm³/mol. The Morgan fingerprint density at radius 1 is 1.35 bits per heavy atom. The number of halogens is 1. The van der Waals surface area contributed by atoms with Crippen LogP contribution in [0.2, 0.25) is 0 Å². The first-order valence-electron chi connectivity index (χ1n) is 6.68. The lowest BCUT2D eigenvalue weighted by atomic mass is 9.77. The van der Waals surface area contributed by atoms with Crippen molar-refractivity contribution < 1.29 is 4.74 Å². The number of rotatable bonds is 2. The summed E-state index contributed by atoms with van der Waals surface area (Å²) in [6.07, 6.45) is 10.9. The molecule has 3 unspecified atom stereocenters. The molecule has 1 aromatic rings. The van der Waals surface area contributed by atoms with E-state index in [2.05, 4.69) is 29.3 Å². The Bertz CT molecular complexity index is 606. The van der Waals surface area contributed by atoms with Crippen LogP contribution in [0.3, 0.4) is 0 Å². The van der Waals surface area contributed by atoms with Crippen LogP contribution in [0.25, 0.3) is 0 Å². The maximum Gasteiger partial charge on any atom is 0.127 e. The molecule has 1 aromatic heterocycles. The molecule has 0 spiro atoms. The second kappa shape index (κ2) is 5.43. The fraction of sp³-hybridized carbons (Fsp3) is 0.312. The number of pyridine rings is 1. The fourth-order valence-electron chi connectivity index (χ4n) is 2.94. The average molecular weight is 289 g/mol. The lowest BCUT2D eigenvalue weighted by Crippen LogP contribution is -2.27. The van der Waals surface area contributed by atoms with Crippen molar-refractivity contribution in [1.29, 1.82) is 0 Å². The summed E-state index contributed by atoms with van der Waals surface area (Å²) in [6.45, 7) is 0. The molecule has 20 heavy (non-hydrogen) atoms. The number of methoxy groups -OCH3 is 1. The molecule has 104 valence electrons. The molecule has 3 rings (SSSR count). The fourth-order valence-corrected chi connectivity index (χ4v) is 3.24. The van der Waals surface area contributed by atoms with Gasteiger partial charge in [0.1, 0.15) is 5.82 Å². The van der Waals surface area contributed by atoms with Crippen molar-refractivity contribution in [2.24, 2.45) is 0 Å². The van der Waals surface area contributed by atoms with E-state index in [1.54, 1.807) is 13.3 Å². The smallest absolute Gasteiger partial charge is 0.127 e. The van der Waals surface area contributed by atoms with Gasteiger partial charge in [-0.2, -0.15) is 0 Å². The number of nitrogen functional groups attached to an aromatic ring is 1. The maximum absolute atomic E-state index is 6.43. The number of nitrogens with zero attached hydrogens (tertiary/aromatic N) is 1. The second-order valence-corrected chi connectivity index (χ2v) is 5.56. The summed E-state index contributed by atoms with van der Waals surface area (Å²) in [5.74, 6) is 0.596. The van der Waals surface area contributed by atoms with Gasteiger partial charge in [-0.25, -0.2) is 4.98 Å². The molecule has 0 saturated carbocycles. The molecule has 4 heteroatoms. The van der Waals surface area contributed by atoms with Crippen LogP contribution in [0.4, 0.5) is 5.82 Å². The standard InChI is InChI=1S/C16H17ClN2O/c1-20-14-8-7-10-11(4-2-6-13(10)17)15(14)12-5-3-9-19-16(12)18/h2-5,7-9,13-15H,6H2,1H3,(H2,18,19). The number of nitrogens with two attached hydrogens (primary N) is 1. The highest BCUT2D eigenvalue weighted by Gasteiger charge is 2.33. The van der Waals surface area contributed by atoms with E-state index in [-0.39, 0.29) is 17.4 Å². The summed E-state index contributed by atoms with van der Waals surface area (Å²) >= 11 is 6.43. The quantitative estimate of drug-likeness (QED) is 0.850. The zero-order valence-electron chi connectivity index (χ0n) is 11.3. The van der Waals surface area contributed by atoms with Crippen molar-refractivity contribution in [1.82, 2.24) is 4.98 Å². The van der Waals surface area contributed by atoms with E-state index in [0.717, 1.165) is 17.6 Å². The topological polar surface area (TPSA) is 48.1 Å². The average Bonchev–Trinajstić information content (AvgIpc) is 2.47. The van der Waals surface area contributed by atoms with Gasteiger partial charge in [-0.1, -0.05) is 30.4 Å². The first kappa shape index (κ1) is 13.4. The van der Waals surface area contributed by atoms with Crippen LogP contribution in [-0.2, 0) is 4.74 Å². The summed E-state index contributed by atoms with van der Waals surface area (Å²) in [6, 6.07) is 3.91. The molecule has 2 N–H and O–H groups in total. The van der Waals surface area contributed by atoms with Gasteiger partial charge in [-0.15, -0.1) is 11.6 Å². The Labute approximate surface area is 123 Å². The van der Waals surface area contributed by atoms with Gasteiger partial charge in [0.05, 0.1) is 11.5 Å². The number of aromatic nitrogens is 1. The summed E-state index contributed by atoms with van der Waals surface area (Å²) in [5, 5.41) is 0.0180. The van der Waals surface area contributed by atoms with Gasteiger partial charge in [0, 0.05) is 24.8 Å². The van der Waals surface area contributed by atoms with Gasteiger partial charge in [-0.3, -0.25) is 0 Å². The van der Waals surface area contributed by atoms with Crippen molar-refractivity contribution in [2.45, 2.75) is 23.8 Å². The largest absolute Gasteiger partial charge is 0.383 e. The molecule has 0 bridgehead atoms. The van der Waals surface area contributed by atoms with Crippen molar-refractivity contribution in [2.75, 3.05) is 12.8 Å². The molecule has 2 aliphatic carbocycles. The monoisotopic (exact) mass is 288 g/mol. The normalized spacial score (nSPS) is 28.6. The number of allylic oxidation sites excluding steroid dienone is 4. The molecule has 0 radical (unpaired) electrons. The van der Waals surface area contributed by atoms with Crippen LogP contribution in [0.1, 0.15) is 17.9 Å². The third-order valence-corrected chi connectivity index (χ3v) is 4.33. The molecular weight excluding hydrogens is 272 g/mol. The van der Waals surface area contributed by atoms with Crippen LogP contribution in [0.5, 0.6) is 0 Å². The highest BCUT2D eigenvalue weighted by Crippen LogP contribution is 2.42. The number of anilines is 1. The Morgan fingerprint density at radius 2 is 2.20 bits per heavy atom. The first-order valence-corrected chi connectivity index (χ1v) is 7.12. The molecule has 0 aromatic carbocycles. The Kier molecular flexibility index (Phi) is 3.64. The van der Waals surface area contributed by atoms with Crippen LogP contribution in [0.15, 0.2) is 53.8 Å². The van der Waals surface area contributed by atoms with Crippen LogP contribution >= 0.6 is 11.6 Å². The molecule has 2 aliphatic rings. The van der Waals surface area contributed by atoms with Crippen LogP contribution in [0, 0.1) is 0 Å². The van der Waals surface area contributed by atoms with Gasteiger partial charge >= 0.3 is 0 Å². The molecule has 0 saturated heterocycles. The van der Waals surface area contributed by atoms with Gasteiger partial charge in [-0.05, 0) is 23.6 Å². The third kappa shape index (κ3) is 2.17. The second-order valence-electron chi connectivity index (χ2n) is 5.03. The first-order chi connectivity index (χ1) is 9.72. The van der Waals surface area contributed by atoms with E-state index in [0.29, 0.717) is 5.82 Å². The van der Waals surface area contributed by atoms with Gasteiger partial charge in [0.25, 0.3) is 0 Å². The zero-order valence-corrected chi connectivity index (χ0v) is 12.0. The van der Waals surface area contributed by atoms with Crippen molar-refractivity contribution in [3.8, 4) is 0 Å². The number of hydrogen-bond donors (Lipinski definition) is 1. The third-order valence-electron chi connectivity index (χ3n) is 3.92. The highest BCUT2D eigenvalue weighted by atomic mass is 35.5. The minimum atomic E-state index is -0.0492. The van der Waals surface area contributed by atoms with Crippen LogP contribution in [-0.4, -0.2) is 23.6 Å². The molecule has 0 fully saturated rings. The van der Waals surface area contributed by atoms with Crippen molar-refractivity contribution in [3.63, 3.8) is 0 Å². The SMILES string of the molecule is COC1C=CC2=C(C=CCC2Cl)C1c1cccnc1N. The Hall–Kier alpha value is -1.58. The number of hydrogen-bond acceptors (Lipinski definition) is 3. The predicted octanol–water partition coefficient (Wildman–Crippen LogP) is 3.20. The summed E-state index contributed by atoms with van der Waals surface area (Å²) < 4.78 is 5.62. The minimum absolute atomic E-state index is 0.0180. The molecule has 0 amide bonds. The van der Waals surface area contributed by atoms with E-state index in [1.807, 2.05) is 12.1 Å². The zero-order chi connectivity index (χ0) is 14.1. The van der Waals surface area contributed by atoms with Gasteiger partial charge in [0.15, 0.2) is 0 Å². The van der Waals surface area contributed by atoms with Crippen molar-refractivity contribution in [3.05, 3.63) is 59.3 Å². The van der Waals surface area contributed by atoms with Gasteiger partial charge in [0.2, 0.25) is 0 Å². The van der Waals surface area contributed by atoms with E-state index in [9.17, 15) is 0 Å². The Balaban J connectivity index is 2.12. The highest BCUT2D eigenvalue weighted by molar-refractivity contribution is 6.23. The summed E-state index contributed by atoms with van der Waals surface area (Å²) in [7, 11) is 1.71. The Morgan fingerprint density at radius 3 is 2.95 bits per heavy atom. The maximum atomic E-state index is 6.43. The minimum Gasteiger partial charge on any atom is -0.383 e. The van der Waals surface area contributed by atoms with Crippen molar-refractivity contribution >= 4 is 17.4 Å².